The maximum Gasteiger partial charge on any atom is 0.190 e. The van der Waals surface area contributed by atoms with E-state index in [2.05, 4.69) is 0 Å². The van der Waals surface area contributed by atoms with Crippen molar-refractivity contribution < 1.29 is 24.9 Å². The summed E-state index contributed by atoms with van der Waals surface area (Å²) >= 11 is 0. The Morgan fingerprint density at radius 1 is 1.08 bits per heavy atom. The van der Waals surface area contributed by atoms with Crippen molar-refractivity contribution in [1.82, 2.24) is 0 Å². The lowest BCUT2D eigenvalue weighted by molar-refractivity contribution is -0.145. The smallest absolute Gasteiger partial charge is 0.190 e. The van der Waals surface area contributed by atoms with E-state index in [0.29, 0.717) is 25.2 Å². The number of aliphatic hydroxyl groups excluding tert-OH is 2. The summed E-state index contributed by atoms with van der Waals surface area (Å²) in [6.45, 7) is 11.4. The molecule has 1 aliphatic rings. The first-order valence-corrected chi connectivity index (χ1v) is 9.36. The molecule has 0 aromatic rings. The van der Waals surface area contributed by atoms with Crippen LogP contribution in [0.2, 0.25) is 0 Å². The molecule has 0 radical (unpaired) electrons. The second kappa shape index (κ2) is 8.45. The lowest BCUT2D eigenvalue weighted by Crippen LogP contribution is -2.47. The highest BCUT2D eigenvalue weighted by Crippen LogP contribution is 2.43. The van der Waals surface area contributed by atoms with Crippen LogP contribution in [0.15, 0.2) is 11.3 Å². The summed E-state index contributed by atoms with van der Waals surface area (Å²) < 4.78 is 0. The van der Waals surface area contributed by atoms with Gasteiger partial charge in [-0.15, -0.1) is 0 Å². The summed E-state index contributed by atoms with van der Waals surface area (Å²) in [6.07, 6.45) is 0.421. The zero-order chi connectivity index (χ0) is 19.5. The van der Waals surface area contributed by atoms with E-state index < -0.39 is 34.9 Å². The molecule has 0 aromatic carbocycles. The number of carbonyl (C=O) groups excluding carboxylic acids is 2. The van der Waals surface area contributed by atoms with Gasteiger partial charge in [-0.05, 0) is 30.6 Å². The summed E-state index contributed by atoms with van der Waals surface area (Å²) in [5.41, 5.74) is -2.39. The van der Waals surface area contributed by atoms with Crippen LogP contribution in [0.1, 0.15) is 67.2 Å². The van der Waals surface area contributed by atoms with E-state index in [1.54, 1.807) is 13.8 Å². The Labute approximate surface area is 151 Å². The molecule has 0 bridgehead atoms. The molecule has 0 aromatic heterocycles. The van der Waals surface area contributed by atoms with Gasteiger partial charge in [-0.1, -0.05) is 48.0 Å². The largest absolute Gasteiger partial charge is 0.508 e. The predicted octanol–water partition coefficient (Wildman–Crippen LogP) is 3.19. The Bertz CT molecular complexity index is 532. The summed E-state index contributed by atoms with van der Waals surface area (Å²) in [4.78, 5) is 25.6. The highest BCUT2D eigenvalue weighted by atomic mass is 16.4. The van der Waals surface area contributed by atoms with E-state index in [-0.39, 0.29) is 23.8 Å². The van der Waals surface area contributed by atoms with E-state index >= 15 is 0 Å². The Morgan fingerprint density at radius 2 is 1.60 bits per heavy atom. The van der Waals surface area contributed by atoms with Crippen LogP contribution in [-0.2, 0) is 9.59 Å². The van der Waals surface area contributed by atoms with E-state index in [9.17, 15) is 24.9 Å². The Balaban J connectivity index is 3.27. The van der Waals surface area contributed by atoms with Crippen molar-refractivity contribution >= 4 is 11.6 Å². The minimum atomic E-state index is -2.20. The summed E-state index contributed by atoms with van der Waals surface area (Å²) in [7, 11) is 0. The first kappa shape index (κ1) is 21.8. The molecule has 0 spiro atoms. The molecule has 1 rings (SSSR count). The van der Waals surface area contributed by atoms with Gasteiger partial charge in [0.05, 0.1) is 17.6 Å². The second-order valence-electron chi connectivity index (χ2n) is 8.46. The molecule has 0 saturated carbocycles. The molecular formula is C20H34O5. The molecular weight excluding hydrogens is 320 g/mol. The molecule has 25 heavy (non-hydrogen) atoms. The number of hydrogen-bond donors (Lipinski definition) is 3. The standard InChI is InChI=1S/C20H34O5/c1-11(2)7-9-14-18(23)16(17(22)13(5)6)19(24)20(14,25)15(21)10-8-12(3)4/h11-14,17,22,24-25H,7-10H2,1-6H3/t14?,17?,20-/m0/s1. The van der Waals surface area contributed by atoms with Gasteiger partial charge < -0.3 is 15.3 Å². The van der Waals surface area contributed by atoms with E-state index in [4.69, 9.17) is 0 Å². The van der Waals surface area contributed by atoms with Crippen LogP contribution in [0.4, 0.5) is 0 Å². The Hall–Kier alpha value is -1.20. The molecule has 3 N–H and O–H groups in total. The minimum absolute atomic E-state index is 0.0920. The van der Waals surface area contributed by atoms with Crippen molar-refractivity contribution in [3.8, 4) is 0 Å². The third-order valence-electron chi connectivity index (χ3n) is 5.04. The lowest BCUT2D eigenvalue weighted by atomic mass is 9.79. The first-order valence-electron chi connectivity index (χ1n) is 9.36. The fourth-order valence-corrected chi connectivity index (χ4v) is 3.26. The number of ketones is 2. The first-order chi connectivity index (χ1) is 11.4. The van der Waals surface area contributed by atoms with Crippen LogP contribution in [0, 0.1) is 23.7 Å². The van der Waals surface area contributed by atoms with Crippen molar-refractivity contribution in [2.24, 2.45) is 23.7 Å². The van der Waals surface area contributed by atoms with Gasteiger partial charge >= 0.3 is 0 Å². The molecule has 2 unspecified atom stereocenters. The van der Waals surface area contributed by atoms with Crippen LogP contribution < -0.4 is 0 Å². The Morgan fingerprint density at radius 3 is 2.04 bits per heavy atom. The third-order valence-corrected chi connectivity index (χ3v) is 5.04. The minimum Gasteiger partial charge on any atom is -0.508 e. The highest BCUT2D eigenvalue weighted by molar-refractivity contribution is 6.09. The van der Waals surface area contributed by atoms with Crippen LogP contribution >= 0.6 is 0 Å². The van der Waals surface area contributed by atoms with Gasteiger partial charge in [0, 0.05) is 6.42 Å². The molecule has 0 fully saturated rings. The highest BCUT2D eigenvalue weighted by Gasteiger charge is 2.58. The molecule has 0 aliphatic heterocycles. The maximum absolute atomic E-state index is 12.8. The SMILES string of the molecule is CC(C)CCC(=O)[C@]1(O)C(O)=C(C(O)C(C)C)C(=O)C1CCC(C)C. The van der Waals surface area contributed by atoms with Crippen molar-refractivity contribution in [1.29, 1.82) is 0 Å². The van der Waals surface area contributed by atoms with Gasteiger partial charge in [0.2, 0.25) is 0 Å². The van der Waals surface area contributed by atoms with E-state index in [0.717, 1.165) is 0 Å². The molecule has 1 aliphatic carbocycles. The van der Waals surface area contributed by atoms with Gasteiger partial charge in [0.25, 0.3) is 0 Å². The molecule has 0 amide bonds. The van der Waals surface area contributed by atoms with Crippen LogP contribution in [0.5, 0.6) is 0 Å². The van der Waals surface area contributed by atoms with Gasteiger partial charge in [-0.2, -0.15) is 0 Å². The number of Topliss-reactive ketones (excluding diaryl/α,β-unsaturated/α-hetero) is 2. The molecule has 3 atom stereocenters. The monoisotopic (exact) mass is 354 g/mol. The molecule has 0 saturated heterocycles. The van der Waals surface area contributed by atoms with Gasteiger partial charge in [-0.25, -0.2) is 0 Å². The topological polar surface area (TPSA) is 94.8 Å². The molecule has 5 nitrogen and oxygen atoms in total. The van der Waals surface area contributed by atoms with Crippen molar-refractivity contribution in [2.75, 3.05) is 0 Å². The summed E-state index contributed by atoms with van der Waals surface area (Å²) in [6, 6.07) is 0. The average Bonchev–Trinajstić information content (AvgIpc) is 2.69. The molecule has 5 heteroatoms. The Kier molecular flexibility index (Phi) is 7.39. The number of rotatable bonds is 9. The van der Waals surface area contributed by atoms with E-state index in [1.807, 2.05) is 27.7 Å². The fourth-order valence-electron chi connectivity index (χ4n) is 3.26. The van der Waals surface area contributed by atoms with Crippen LogP contribution in [0.3, 0.4) is 0 Å². The predicted molar refractivity (Wildman–Crippen MR) is 97.1 cm³/mol. The van der Waals surface area contributed by atoms with Gasteiger partial charge in [0.1, 0.15) is 5.76 Å². The fraction of sp³-hybridized carbons (Fsp3) is 0.800. The maximum atomic E-state index is 12.8. The lowest BCUT2D eigenvalue weighted by Gasteiger charge is -2.29. The third kappa shape index (κ3) is 4.50. The molecule has 144 valence electrons. The van der Waals surface area contributed by atoms with Crippen LogP contribution in [0.25, 0.3) is 0 Å². The number of aliphatic hydroxyl groups is 3. The summed E-state index contributed by atoms with van der Waals surface area (Å²) in [5, 5.41) is 32.0. The quantitative estimate of drug-likeness (QED) is 0.591. The van der Waals surface area contributed by atoms with Crippen LogP contribution in [-0.4, -0.2) is 38.6 Å². The van der Waals surface area contributed by atoms with Crippen molar-refractivity contribution in [3.63, 3.8) is 0 Å². The number of carbonyl (C=O) groups is 2. The zero-order valence-corrected chi connectivity index (χ0v) is 16.4. The van der Waals surface area contributed by atoms with Gasteiger partial charge in [-0.3, -0.25) is 9.59 Å². The zero-order valence-electron chi connectivity index (χ0n) is 16.4. The van der Waals surface area contributed by atoms with E-state index in [1.165, 1.54) is 0 Å². The van der Waals surface area contributed by atoms with Crippen molar-refractivity contribution in [2.45, 2.75) is 78.9 Å². The van der Waals surface area contributed by atoms with Gasteiger partial charge in [0.15, 0.2) is 17.2 Å². The normalized spacial score (nSPS) is 25.6. The summed E-state index contributed by atoms with van der Waals surface area (Å²) in [5.74, 6) is -2.43. The number of hydrogen-bond acceptors (Lipinski definition) is 5. The van der Waals surface area contributed by atoms with Crippen molar-refractivity contribution in [3.05, 3.63) is 11.3 Å². The second-order valence-corrected chi connectivity index (χ2v) is 8.46. The average molecular weight is 354 g/mol. The molecule has 0 heterocycles.